The van der Waals surface area contributed by atoms with Gasteiger partial charge in [-0.15, -0.1) is 0 Å². The van der Waals surface area contributed by atoms with E-state index in [4.69, 9.17) is 5.14 Å². The predicted molar refractivity (Wildman–Crippen MR) is 117 cm³/mol. The quantitative estimate of drug-likeness (QED) is 0.680. The van der Waals surface area contributed by atoms with Crippen LogP contribution in [-0.4, -0.2) is 25.8 Å². The van der Waals surface area contributed by atoms with Crippen molar-refractivity contribution in [3.63, 3.8) is 0 Å². The Balaban J connectivity index is 1.52. The van der Waals surface area contributed by atoms with Crippen LogP contribution in [0.1, 0.15) is 45.9 Å². The van der Waals surface area contributed by atoms with Gasteiger partial charge < -0.3 is 4.90 Å². The molecule has 2 N–H and O–H groups in total. The van der Waals surface area contributed by atoms with E-state index in [9.17, 15) is 13.2 Å². The number of benzene rings is 3. The summed E-state index contributed by atoms with van der Waals surface area (Å²) < 4.78 is 23.6. The number of carbonyl (C=O) groups is 1. The molecule has 5 nitrogen and oxygen atoms in total. The normalized spacial score (nSPS) is 16.6. The van der Waals surface area contributed by atoms with Crippen molar-refractivity contribution in [1.82, 2.24) is 4.90 Å². The van der Waals surface area contributed by atoms with Crippen LogP contribution in [0.25, 0.3) is 0 Å². The smallest absolute Gasteiger partial charge is 0.254 e. The third-order valence-electron chi connectivity index (χ3n) is 5.57. The lowest BCUT2D eigenvalue weighted by molar-refractivity contribution is 0.0735. The van der Waals surface area contributed by atoms with Gasteiger partial charge in [-0.3, -0.25) is 4.79 Å². The molecule has 1 heterocycles. The molecule has 1 unspecified atom stereocenters. The molecule has 1 saturated heterocycles. The second-order valence-electron chi connectivity index (χ2n) is 7.59. The minimum absolute atomic E-state index is 0.0258. The summed E-state index contributed by atoms with van der Waals surface area (Å²) in [6, 6.07) is 24.4. The molecular weight excluding hydrogens is 396 g/mol. The van der Waals surface area contributed by atoms with E-state index in [0.29, 0.717) is 17.5 Å². The number of hydrogen-bond donors (Lipinski definition) is 1. The van der Waals surface area contributed by atoms with Gasteiger partial charge in [0.2, 0.25) is 10.0 Å². The van der Waals surface area contributed by atoms with Crippen molar-refractivity contribution >= 4 is 15.9 Å². The van der Waals surface area contributed by atoms with Crippen molar-refractivity contribution in [2.24, 2.45) is 5.14 Å². The fourth-order valence-corrected chi connectivity index (χ4v) is 4.88. The van der Waals surface area contributed by atoms with Crippen LogP contribution in [0.5, 0.6) is 0 Å². The van der Waals surface area contributed by atoms with Gasteiger partial charge in [0.05, 0.1) is 10.9 Å². The van der Waals surface area contributed by atoms with Crippen LogP contribution >= 0.6 is 0 Å². The Morgan fingerprint density at radius 2 is 1.60 bits per heavy atom. The molecule has 1 aliphatic rings. The summed E-state index contributed by atoms with van der Waals surface area (Å²) in [5.41, 5.74) is 3.37. The van der Waals surface area contributed by atoms with Crippen LogP contribution < -0.4 is 5.14 Å². The molecular formula is C24H24N2O3S. The minimum atomic E-state index is -3.78. The van der Waals surface area contributed by atoms with E-state index in [1.807, 2.05) is 47.4 Å². The molecule has 1 fully saturated rings. The van der Waals surface area contributed by atoms with Gasteiger partial charge in [-0.25, -0.2) is 13.6 Å². The Hall–Kier alpha value is -2.96. The van der Waals surface area contributed by atoms with E-state index in [0.717, 1.165) is 24.9 Å². The minimum Gasteiger partial charge on any atom is -0.332 e. The molecule has 0 spiro atoms. The summed E-state index contributed by atoms with van der Waals surface area (Å²) in [7, 11) is -3.78. The molecule has 154 valence electrons. The number of rotatable bonds is 5. The van der Waals surface area contributed by atoms with E-state index >= 15 is 0 Å². The molecule has 0 saturated carbocycles. The molecule has 30 heavy (non-hydrogen) atoms. The monoisotopic (exact) mass is 420 g/mol. The Morgan fingerprint density at radius 1 is 0.933 bits per heavy atom. The molecule has 0 aliphatic carbocycles. The fraction of sp³-hybridized carbons (Fsp3) is 0.208. The Labute approximate surface area is 177 Å². The molecule has 3 aromatic rings. The number of primary sulfonamides is 1. The standard InChI is InChI=1S/C24H24N2O3S/c25-30(28,29)23-11-5-4-9-21(23)17-18-12-14-20(15-13-18)24(27)26-16-6-10-22(26)19-7-2-1-3-8-19/h1-5,7-9,11-15,22H,6,10,16-17H2,(H2,25,28,29). The highest BCUT2D eigenvalue weighted by Crippen LogP contribution is 2.33. The SMILES string of the molecule is NS(=O)(=O)c1ccccc1Cc1ccc(C(=O)N2CCCC2c2ccccc2)cc1. The third-order valence-corrected chi connectivity index (χ3v) is 6.58. The number of carbonyl (C=O) groups excluding carboxylic acids is 1. The van der Waals surface area contributed by atoms with Crippen molar-refractivity contribution in [2.75, 3.05) is 6.54 Å². The second-order valence-corrected chi connectivity index (χ2v) is 9.12. The van der Waals surface area contributed by atoms with Crippen LogP contribution in [0.4, 0.5) is 0 Å². The van der Waals surface area contributed by atoms with Crippen molar-refractivity contribution in [3.05, 3.63) is 101 Å². The van der Waals surface area contributed by atoms with Gasteiger partial charge in [-0.1, -0.05) is 60.7 Å². The number of sulfonamides is 1. The summed E-state index contributed by atoms with van der Waals surface area (Å²) in [4.78, 5) is 15.2. The lowest BCUT2D eigenvalue weighted by Gasteiger charge is -2.25. The largest absolute Gasteiger partial charge is 0.332 e. The highest BCUT2D eigenvalue weighted by molar-refractivity contribution is 7.89. The summed E-state index contributed by atoms with van der Waals surface area (Å²) in [5, 5.41) is 5.33. The number of nitrogens with zero attached hydrogens (tertiary/aromatic N) is 1. The highest BCUT2D eigenvalue weighted by Gasteiger charge is 2.30. The van der Waals surface area contributed by atoms with Gasteiger partial charge in [0.25, 0.3) is 5.91 Å². The number of amides is 1. The van der Waals surface area contributed by atoms with Crippen LogP contribution in [0.2, 0.25) is 0 Å². The maximum absolute atomic E-state index is 13.1. The first kappa shape index (κ1) is 20.3. The van der Waals surface area contributed by atoms with E-state index in [1.54, 1.807) is 18.2 Å². The summed E-state index contributed by atoms with van der Waals surface area (Å²) in [5.74, 6) is 0.0258. The first-order valence-electron chi connectivity index (χ1n) is 9.99. The van der Waals surface area contributed by atoms with Crippen molar-refractivity contribution in [3.8, 4) is 0 Å². The molecule has 0 bridgehead atoms. The van der Waals surface area contributed by atoms with Gasteiger partial charge >= 0.3 is 0 Å². The molecule has 1 aliphatic heterocycles. The van der Waals surface area contributed by atoms with Gasteiger partial charge in [0, 0.05) is 12.1 Å². The first-order chi connectivity index (χ1) is 14.4. The second kappa shape index (κ2) is 8.42. The summed E-state index contributed by atoms with van der Waals surface area (Å²) in [6.45, 7) is 0.752. The average Bonchev–Trinajstić information content (AvgIpc) is 3.24. The molecule has 0 radical (unpaired) electrons. The Bertz CT molecular complexity index is 1140. The molecule has 0 aromatic heterocycles. The van der Waals surface area contributed by atoms with Crippen LogP contribution in [0.3, 0.4) is 0 Å². The van der Waals surface area contributed by atoms with E-state index < -0.39 is 10.0 Å². The third kappa shape index (κ3) is 4.30. The summed E-state index contributed by atoms with van der Waals surface area (Å²) >= 11 is 0. The zero-order chi connectivity index (χ0) is 21.1. The average molecular weight is 421 g/mol. The molecule has 1 amide bonds. The predicted octanol–water partition coefficient (Wildman–Crippen LogP) is 3.90. The molecule has 3 aromatic carbocycles. The van der Waals surface area contributed by atoms with Gasteiger partial charge in [-0.2, -0.15) is 0 Å². The van der Waals surface area contributed by atoms with Gasteiger partial charge in [-0.05, 0) is 54.2 Å². The number of nitrogens with two attached hydrogens (primary N) is 1. The maximum atomic E-state index is 13.1. The lowest BCUT2D eigenvalue weighted by Crippen LogP contribution is -2.30. The van der Waals surface area contributed by atoms with Crippen molar-refractivity contribution in [1.29, 1.82) is 0 Å². The van der Waals surface area contributed by atoms with E-state index in [-0.39, 0.29) is 16.8 Å². The Kier molecular flexibility index (Phi) is 5.70. The van der Waals surface area contributed by atoms with E-state index in [1.165, 1.54) is 11.6 Å². The topological polar surface area (TPSA) is 80.5 Å². The molecule has 4 rings (SSSR count). The van der Waals surface area contributed by atoms with Gasteiger partial charge in [0.1, 0.15) is 0 Å². The fourth-order valence-electron chi connectivity index (χ4n) is 4.11. The highest BCUT2D eigenvalue weighted by atomic mass is 32.2. The zero-order valence-electron chi connectivity index (χ0n) is 16.6. The van der Waals surface area contributed by atoms with Crippen LogP contribution in [0, 0.1) is 0 Å². The van der Waals surface area contributed by atoms with Crippen molar-refractivity contribution < 1.29 is 13.2 Å². The lowest BCUT2D eigenvalue weighted by atomic mass is 10.0. The maximum Gasteiger partial charge on any atom is 0.254 e. The number of hydrogen-bond acceptors (Lipinski definition) is 3. The van der Waals surface area contributed by atoms with Crippen LogP contribution in [-0.2, 0) is 16.4 Å². The van der Waals surface area contributed by atoms with Crippen molar-refractivity contribution in [2.45, 2.75) is 30.2 Å². The molecule has 6 heteroatoms. The Morgan fingerprint density at radius 3 is 2.30 bits per heavy atom. The zero-order valence-corrected chi connectivity index (χ0v) is 17.4. The van der Waals surface area contributed by atoms with Crippen LogP contribution in [0.15, 0.2) is 83.8 Å². The van der Waals surface area contributed by atoms with Gasteiger partial charge in [0.15, 0.2) is 0 Å². The van der Waals surface area contributed by atoms with E-state index in [2.05, 4.69) is 12.1 Å². The molecule has 1 atom stereocenters. The number of likely N-dealkylation sites (tertiary alicyclic amines) is 1. The first-order valence-corrected chi connectivity index (χ1v) is 11.5. The summed E-state index contributed by atoms with van der Waals surface area (Å²) in [6.07, 6.45) is 2.39.